The Hall–Kier alpha value is -4.72. The van der Waals surface area contributed by atoms with Gasteiger partial charge in [0.1, 0.15) is 18.1 Å². The molecule has 8 nitrogen and oxygen atoms in total. The maximum atomic E-state index is 13.3. The van der Waals surface area contributed by atoms with Gasteiger partial charge in [-0.05, 0) is 48.5 Å². The standard InChI is InChI=1S/C26H18N2O6/c1-33-18-11-9-17(10-12-18)27-25(29)20-7-4-6-19-23(14-13-21(24(19)20)26(27)30)34-15-16-5-2-3-8-22(16)28(31)32/h2-14H,15H2,1H3. The molecule has 0 fully saturated rings. The van der Waals surface area contributed by atoms with E-state index < -0.39 is 16.7 Å². The van der Waals surface area contributed by atoms with Gasteiger partial charge < -0.3 is 9.47 Å². The van der Waals surface area contributed by atoms with Crippen LogP contribution in [0.25, 0.3) is 10.8 Å². The van der Waals surface area contributed by atoms with Gasteiger partial charge in [0.05, 0.1) is 23.3 Å². The molecule has 0 atom stereocenters. The first kappa shape index (κ1) is 21.1. The van der Waals surface area contributed by atoms with Crippen LogP contribution in [0.15, 0.2) is 78.9 Å². The van der Waals surface area contributed by atoms with Gasteiger partial charge in [0.15, 0.2) is 0 Å². The molecule has 4 aromatic rings. The van der Waals surface area contributed by atoms with E-state index in [1.807, 2.05) is 0 Å². The summed E-state index contributed by atoms with van der Waals surface area (Å²) in [5.74, 6) is 0.161. The molecule has 0 aliphatic carbocycles. The van der Waals surface area contributed by atoms with Crippen LogP contribution in [0, 0.1) is 10.1 Å². The molecule has 0 radical (unpaired) electrons. The Balaban J connectivity index is 1.53. The summed E-state index contributed by atoms with van der Waals surface area (Å²) in [6.45, 7) is -0.0320. The second kappa shape index (κ2) is 8.32. The molecule has 1 aliphatic heterocycles. The van der Waals surface area contributed by atoms with Crippen molar-refractivity contribution in [3.8, 4) is 11.5 Å². The van der Waals surface area contributed by atoms with E-state index in [9.17, 15) is 19.7 Å². The average molecular weight is 454 g/mol. The first-order valence-corrected chi connectivity index (χ1v) is 10.4. The highest BCUT2D eigenvalue weighted by molar-refractivity contribution is 6.36. The zero-order valence-corrected chi connectivity index (χ0v) is 18.1. The number of imide groups is 1. The summed E-state index contributed by atoms with van der Waals surface area (Å²) in [7, 11) is 1.54. The van der Waals surface area contributed by atoms with E-state index in [1.165, 1.54) is 6.07 Å². The number of amides is 2. The minimum absolute atomic E-state index is 0.0320. The molecular formula is C26H18N2O6. The fourth-order valence-electron chi connectivity index (χ4n) is 4.13. The Kier molecular flexibility index (Phi) is 5.18. The monoisotopic (exact) mass is 454 g/mol. The van der Waals surface area contributed by atoms with Gasteiger partial charge in [-0.25, -0.2) is 4.90 Å². The largest absolute Gasteiger partial charge is 0.497 e. The van der Waals surface area contributed by atoms with Crippen molar-refractivity contribution in [2.45, 2.75) is 6.61 Å². The number of benzene rings is 4. The SMILES string of the molecule is COc1ccc(N2C(=O)c3cccc4c(OCc5ccccc5[N+](=O)[O-])ccc(c34)C2=O)cc1. The van der Waals surface area contributed by atoms with Crippen molar-refractivity contribution >= 4 is 34.0 Å². The molecule has 8 heteroatoms. The number of rotatable bonds is 6. The highest BCUT2D eigenvalue weighted by atomic mass is 16.6. The maximum Gasteiger partial charge on any atom is 0.276 e. The highest BCUT2D eigenvalue weighted by Crippen LogP contribution is 2.37. The molecule has 0 spiro atoms. The molecule has 0 aromatic heterocycles. The van der Waals surface area contributed by atoms with Gasteiger partial charge in [-0.15, -0.1) is 0 Å². The molecule has 0 saturated heterocycles. The third-order valence-electron chi connectivity index (χ3n) is 5.77. The quantitative estimate of drug-likeness (QED) is 0.227. The van der Waals surface area contributed by atoms with Crippen LogP contribution in [-0.2, 0) is 6.61 Å². The summed E-state index contributed by atoms with van der Waals surface area (Å²) < 4.78 is 11.1. The topological polar surface area (TPSA) is 99.0 Å². The lowest BCUT2D eigenvalue weighted by atomic mass is 9.93. The summed E-state index contributed by atoms with van der Waals surface area (Å²) in [5, 5.41) is 12.4. The molecule has 0 saturated carbocycles. The number of para-hydroxylation sites is 1. The Morgan fingerprint density at radius 3 is 2.26 bits per heavy atom. The molecule has 34 heavy (non-hydrogen) atoms. The van der Waals surface area contributed by atoms with Crippen molar-refractivity contribution in [3.05, 3.63) is 106 Å². The fraction of sp³-hybridized carbons (Fsp3) is 0.0769. The summed E-state index contributed by atoms with van der Waals surface area (Å²) in [6, 6.07) is 21.4. The number of hydrogen-bond acceptors (Lipinski definition) is 6. The van der Waals surface area contributed by atoms with E-state index >= 15 is 0 Å². The average Bonchev–Trinajstić information content (AvgIpc) is 2.86. The van der Waals surface area contributed by atoms with E-state index in [2.05, 4.69) is 0 Å². The van der Waals surface area contributed by atoms with Crippen LogP contribution in [0.2, 0.25) is 0 Å². The van der Waals surface area contributed by atoms with Crippen LogP contribution in [0.4, 0.5) is 11.4 Å². The second-order valence-electron chi connectivity index (χ2n) is 7.66. The van der Waals surface area contributed by atoms with E-state index in [0.29, 0.717) is 44.6 Å². The second-order valence-corrected chi connectivity index (χ2v) is 7.66. The van der Waals surface area contributed by atoms with Gasteiger partial charge in [-0.1, -0.05) is 24.3 Å². The molecule has 0 N–H and O–H groups in total. The summed E-state index contributed by atoms with van der Waals surface area (Å²) >= 11 is 0. The number of ether oxygens (including phenoxy) is 2. The van der Waals surface area contributed by atoms with Crippen LogP contribution in [0.5, 0.6) is 11.5 Å². The van der Waals surface area contributed by atoms with Crippen molar-refractivity contribution in [2.75, 3.05) is 12.0 Å². The van der Waals surface area contributed by atoms with Gasteiger partial charge in [-0.3, -0.25) is 19.7 Å². The molecule has 168 valence electrons. The number of carbonyl (C=O) groups excluding carboxylic acids is 2. The molecule has 5 rings (SSSR count). The van der Waals surface area contributed by atoms with Crippen molar-refractivity contribution in [1.82, 2.24) is 0 Å². The number of carbonyl (C=O) groups is 2. The predicted octanol–water partition coefficient (Wildman–Crippen LogP) is 5.14. The van der Waals surface area contributed by atoms with Crippen molar-refractivity contribution in [1.29, 1.82) is 0 Å². The van der Waals surface area contributed by atoms with E-state index in [-0.39, 0.29) is 12.3 Å². The normalized spacial score (nSPS) is 12.7. The number of anilines is 1. The van der Waals surface area contributed by atoms with Gasteiger partial charge in [0.25, 0.3) is 17.5 Å². The number of nitro groups is 1. The fourth-order valence-corrected chi connectivity index (χ4v) is 4.13. The number of nitrogens with zero attached hydrogens (tertiary/aromatic N) is 2. The van der Waals surface area contributed by atoms with Crippen LogP contribution >= 0.6 is 0 Å². The summed E-state index contributed by atoms with van der Waals surface area (Å²) in [4.78, 5) is 38.7. The van der Waals surface area contributed by atoms with Gasteiger partial charge in [0, 0.05) is 28.0 Å². The van der Waals surface area contributed by atoms with Gasteiger partial charge in [0.2, 0.25) is 0 Å². The minimum Gasteiger partial charge on any atom is -0.497 e. The summed E-state index contributed by atoms with van der Waals surface area (Å²) in [6.07, 6.45) is 0. The van der Waals surface area contributed by atoms with Crippen LogP contribution < -0.4 is 14.4 Å². The van der Waals surface area contributed by atoms with Crippen molar-refractivity contribution < 1.29 is 24.0 Å². The Labute approximate surface area is 194 Å². The summed E-state index contributed by atoms with van der Waals surface area (Å²) in [5.41, 5.74) is 1.57. The van der Waals surface area contributed by atoms with Crippen LogP contribution in [0.1, 0.15) is 26.3 Å². The molecular weight excluding hydrogens is 436 g/mol. The number of nitro benzene ring substituents is 1. The molecule has 1 aliphatic rings. The van der Waals surface area contributed by atoms with Gasteiger partial charge >= 0.3 is 0 Å². The Morgan fingerprint density at radius 1 is 0.853 bits per heavy atom. The Morgan fingerprint density at radius 2 is 1.56 bits per heavy atom. The van der Waals surface area contributed by atoms with E-state index in [4.69, 9.17) is 9.47 Å². The lowest BCUT2D eigenvalue weighted by Crippen LogP contribution is -2.40. The zero-order valence-electron chi connectivity index (χ0n) is 18.1. The van der Waals surface area contributed by atoms with E-state index in [1.54, 1.807) is 79.9 Å². The molecule has 0 bridgehead atoms. The number of hydrogen-bond donors (Lipinski definition) is 0. The van der Waals surface area contributed by atoms with Crippen LogP contribution in [-0.4, -0.2) is 23.8 Å². The molecule has 2 amide bonds. The van der Waals surface area contributed by atoms with Crippen molar-refractivity contribution in [3.63, 3.8) is 0 Å². The van der Waals surface area contributed by atoms with Crippen LogP contribution in [0.3, 0.4) is 0 Å². The third-order valence-corrected chi connectivity index (χ3v) is 5.77. The first-order valence-electron chi connectivity index (χ1n) is 10.4. The van der Waals surface area contributed by atoms with Gasteiger partial charge in [-0.2, -0.15) is 0 Å². The third kappa shape index (κ3) is 3.41. The molecule has 0 unspecified atom stereocenters. The maximum absolute atomic E-state index is 13.3. The lowest BCUT2D eigenvalue weighted by Gasteiger charge is -2.27. The molecule has 4 aromatic carbocycles. The molecule has 1 heterocycles. The van der Waals surface area contributed by atoms with Crippen molar-refractivity contribution in [2.24, 2.45) is 0 Å². The minimum atomic E-state index is -0.457. The first-order chi connectivity index (χ1) is 16.5. The lowest BCUT2D eigenvalue weighted by molar-refractivity contribution is -0.385. The number of methoxy groups -OCH3 is 1. The van der Waals surface area contributed by atoms with E-state index in [0.717, 1.165) is 4.90 Å². The zero-order chi connectivity index (χ0) is 23.8. The smallest absolute Gasteiger partial charge is 0.276 e. The Bertz CT molecular complexity index is 1440. The highest BCUT2D eigenvalue weighted by Gasteiger charge is 2.34. The predicted molar refractivity (Wildman–Crippen MR) is 126 cm³/mol.